The van der Waals surface area contributed by atoms with Crippen molar-refractivity contribution in [1.29, 1.82) is 0 Å². The molecular formula is C16H18BrNO2. The van der Waals surface area contributed by atoms with E-state index in [0.29, 0.717) is 12.3 Å². The molecule has 0 saturated carbocycles. The largest absolute Gasteiger partial charge is 0.497 e. The van der Waals surface area contributed by atoms with E-state index < -0.39 is 0 Å². The van der Waals surface area contributed by atoms with Crippen molar-refractivity contribution in [2.75, 3.05) is 19.5 Å². The molecule has 2 aromatic rings. The molecule has 20 heavy (non-hydrogen) atoms. The van der Waals surface area contributed by atoms with E-state index >= 15 is 0 Å². The van der Waals surface area contributed by atoms with Gasteiger partial charge >= 0.3 is 0 Å². The number of aryl methyl sites for hydroxylation is 1. The normalized spacial score (nSPS) is 10.3. The Hall–Kier alpha value is -1.68. The van der Waals surface area contributed by atoms with E-state index in [-0.39, 0.29) is 0 Å². The lowest BCUT2D eigenvalue weighted by atomic mass is 10.1. The average Bonchev–Trinajstić information content (AvgIpc) is 2.42. The Kier molecular flexibility index (Phi) is 4.90. The van der Waals surface area contributed by atoms with Crippen LogP contribution in [0.15, 0.2) is 40.9 Å². The van der Waals surface area contributed by atoms with Crippen molar-refractivity contribution < 1.29 is 9.47 Å². The van der Waals surface area contributed by atoms with Crippen LogP contribution < -0.4 is 15.2 Å². The number of nitrogen functional groups attached to an aromatic ring is 1. The standard InChI is InChI=1S/C16H18BrNO2/c1-11-9-13(17)10-15(18)16(11)20-8-7-12-3-5-14(19-2)6-4-12/h3-6,9-10H,7-8,18H2,1-2H3. The Morgan fingerprint density at radius 1 is 1.15 bits per heavy atom. The van der Waals surface area contributed by atoms with Gasteiger partial charge in [0.1, 0.15) is 11.5 Å². The van der Waals surface area contributed by atoms with Crippen molar-refractivity contribution in [3.05, 3.63) is 52.0 Å². The number of ether oxygens (including phenoxy) is 2. The van der Waals surface area contributed by atoms with Crippen molar-refractivity contribution in [1.82, 2.24) is 0 Å². The van der Waals surface area contributed by atoms with E-state index in [9.17, 15) is 0 Å². The lowest BCUT2D eigenvalue weighted by Gasteiger charge is -2.12. The first-order valence-corrected chi connectivity index (χ1v) is 7.21. The Labute approximate surface area is 127 Å². The summed E-state index contributed by atoms with van der Waals surface area (Å²) in [6.07, 6.45) is 0.832. The second-order valence-corrected chi connectivity index (χ2v) is 5.50. The fourth-order valence-electron chi connectivity index (χ4n) is 2.02. The number of methoxy groups -OCH3 is 1. The quantitative estimate of drug-likeness (QED) is 0.841. The average molecular weight is 336 g/mol. The second-order valence-electron chi connectivity index (χ2n) is 4.59. The lowest BCUT2D eigenvalue weighted by Crippen LogP contribution is -2.05. The molecule has 2 aromatic carbocycles. The van der Waals surface area contributed by atoms with Gasteiger partial charge in [0.25, 0.3) is 0 Å². The summed E-state index contributed by atoms with van der Waals surface area (Å²) in [6.45, 7) is 2.59. The maximum absolute atomic E-state index is 5.97. The predicted octanol–water partition coefficient (Wildman–Crippen LogP) is 3.97. The molecule has 0 bridgehead atoms. The first kappa shape index (κ1) is 14.7. The molecule has 3 nitrogen and oxygen atoms in total. The SMILES string of the molecule is COc1ccc(CCOc2c(C)cc(Br)cc2N)cc1. The molecule has 0 atom stereocenters. The zero-order valence-electron chi connectivity index (χ0n) is 11.7. The summed E-state index contributed by atoms with van der Waals surface area (Å²) in [6, 6.07) is 11.8. The number of anilines is 1. The Balaban J connectivity index is 1.95. The van der Waals surface area contributed by atoms with Crippen LogP contribution in [0.3, 0.4) is 0 Å². The van der Waals surface area contributed by atoms with Crippen LogP contribution >= 0.6 is 15.9 Å². The smallest absolute Gasteiger partial charge is 0.145 e. The van der Waals surface area contributed by atoms with Gasteiger partial charge < -0.3 is 15.2 Å². The van der Waals surface area contributed by atoms with E-state index in [1.807, 2.05) is 43.3 Å². The fraction of sp³-hybridized carbons (Fsp3) is 0.250. The maximum atomic E-state index is 5.97. The summed E-state index contributed by atoms with van der Waals surface area (Å²) in [7, 11) is 1.66. The molecule has 0 aromatic heterocycles. The van der Waals surface area contributed by atoms with E-state index in [1.54, 1.807) is 7.11 Å². The van der Waals surface area contributed by atoms with Crippen LogP contribution in [-0.2, 0) is 6.42 Å². The van der Waals surface area contributed by atoms with Crippen LogP contribution in [0.4, 0.5) is 5.69 Å². The van der Waals surface area contributed by atoms with E-state index in [1.165, 1.54) is 5.56 Å². The van der Waals surface area contributed by atoms with Gasteiger partial charge in [-0.1, -0.05) is 28.1 Å². The van der Waals surface area contributed by atoms with Gasteiger partial charge in [0.15, 0.2) is 0 Å². The van der Waals surface area contributed by atoms with Crippen molar-refractivity contribution in [3.63, 3.8) is 0 Å². The third-order valence-electron chi connectivity index (χ3n) is 3.06. The minimum Gasteiger partial charge on any atom is -0.497 e. The highest BCUT2D eigenvalue weighted by molar-refractivity contribution is 9.10. The summed E-state index contributed by atoms with van der Waals surface area (Å²) in [5, 5.41) is 0. The second kappa shape index (κ2) is 6.66. The number of hydrogen-bond donors (Lipinski definition) is 1. The number of hydrogen-bond acceptors (Lipinski definition) is 3. The van der Waals surface area contributed by atoms with Gasteiger partial charge in [0, 0.05) is 10.9 Å². The van der Waals surface area contributed by atoms with Gasteiger partial charge in [-0.2, -0.15) is 0 Å². The first-order valence-electron chi connectivity index (χ1n) is 6.41. The molecule has 4 heteroatoms. The van der Waals surface area contributed by atoms with Gasteiger partial charge in [0.05, 0.1) is 19.4 Å². The van der Waals surface area contributed by atoms with Crippen LogP contribution in [-0.4, -0.2) is 13.7 Å². The van der Waals surface area contributed by atoms with Gasteiger partial charge in [-0.25, -0.2) is 0 Å². The first-order chi connectivity index (χ1) is 9.60. The van der Waals surface area contributed by atoms with Crippen LogP contribution in [0, 0.1) is 6.92 Å². The third kappa shape index (κ3) is 3.67. The molecule has 0 saturated heterocycles. The van der Waals surface area contributed by atoms with Crippen molar-refractivity contribution in [2.45, 2.75) is 13.3 Å². The fourth-order valence-corrected chi connectivity index (χ4v) is 2.61. The summed E-state index contributed by atoms with van der Waals surface area (Å²) in [4.78, 5) is 0. The molecule has 106 valence electrons. The van der Waals surface area contributed by atoms with Crippen molar-refractivity contribution in [2.24, 2.45) is 0 Å². The number of halogens is 1. The lowest BCUT2D eigenvalue weighted by molar-refractivity contribution is 0.321. The third-order valence-corrected chi connectivity index (χ3v) is 3.52. The topological polar surface area (TPSA) is 44.5 Å². The summed E-state index contributed by atoms with van der Waals surface area (Å²) < 4.78 is 11.9. The Bertz CT molecular complexity index is 559. The molecule has 0 aliphatic carbocycles. The van der Waals surface area contributed by atoms with Gasteiger partial charge in [-0.05, 0) is 42.3 Å². The molecule has 0 fully saturated rings. The highest BCUT2D eigenvalue weighted by Gasteiger charge is 2.06. The number of rotatable bonds is 5. The zero-order chi connectivity index (χ0) is 14.5. The van der Waals surface area contributed by atoms with Gasteiger partial charge in [0.2, 0.25) is 0 Å². The van der Waals surface area contributed by atoms with Gasteiger partial charge in [-0.15, -0.1) is 0 Å². The summed E-state index contributed by atoms with van der Waals surface area (Å²) in [5.74, 6) is 1.63. The Morgan fingerprint density at radius 3 is 2.45 bits per heavy atom. The highest BCUT2D eigenvalue weighted by Crippen LogP contribution is 2.30. The zero-order valence-corrected chi connectivity index (χ0v) is 13.2. The van der Waals surface area contributed by atoms with Crippen LogP contribution in [0.25, 0.3) is 0 Å². The monoisotopic (exact) mass is 335 g/mol. The molecule has 0 spiro atoms. The van der Waals surface area contributed by atoms with Gasteiger partial charge in [-0.3, -0.25) is 0 Å². The minimum atomic E-state index is 0.596. The van der Waals surface area contributed by atoms with Crippen LogP contribution in [0.2, 0.25) is 0 Å². The van der Waals surface area contributed by atoms with Crippen molar-refractivity contribution >= 4 is 21.6 Å². The van der Waals surface area contributed by atoms with Crippen molar-refractivity contribution in [3.8, 4) is 11.5 Å². The van der Waals surface area contributed by atoms with E-state index in [2.05, 4.69) is 15.9 Å². The maximum Gasteiger partial charge on any atom is 0.145 e. The van der Waals surface area contributed by atoms with Crippen LogP contribution in [0.1, 0.15) is 11.1 Å². The molecule has 0 radical (unpaired) electrons. The summed E-state index contributed by atoms with van der Waals surface area (Å²) in [5.41, 5.74) is 8.87. The molecule has 2 N–H and O–H groups in total. The highest BCUT2D eigenvalue weighted by atomic mass is 79.9. The Morgan fingerprint density at radius 2 is 1.85 bits per heavy atom. The molecule has 0 amide bonds. The number of nitrogens with two attached hydrogens (primary N) is 1. The molecular weight excluding hydrogens is 318 g/mol. The number of benzene rings is 2. The molecule has 0 aliphatic heterocycles. The molecule has 2 rings (SSSR count). The van der Waals surface area contributed by atoms with E-state index in [4.69, 9.17) is 15.2 Å². The molecule has 0 aliphatic rings. The van der Waals surface area contributed by atoms with E-state index in [0.717, 1.165) is 28.0 Å². The minimum absolute atomic E-state index is 0.596. The molecule has 0 unspecified atom stereocenters. The molecule has 0 heterocycles. The predicted molar refractivity (Wildman–Crippen MR) is 85.5 cm³/mol. The summed E-state index contributed by atoms with van der Waals surface area (Å²) >= 11 is 3.42. The van der Waals surface area contributed by atoms with Crippen LogP contribution in [0.5, 0.6) is 11.5 Å².